The highest BCUT2D eigenvalue weighted by atomic mass is 35.5. The lowest BCUT2D eigenvalue weighted by Crippen LogP contribution is -2.22. The van der Waals surface area contributed by atoms with Crippen LogP contribution in [-0.4, -0.2) is 0 Å². The topological polar surface area (TPSA) is 0 Å². The van der Waals surface area contributed by atoms with Crippen molar-refractivity contribution in [2.45, 2.75) is 11.8 Å². The molecule has 0 fully saturated rings. The third-order valence-electron chi connectivity index (χ3n) is 3.79. The molecule has 0 aliphatic rings. The summed E-state index contributed by atoms with van der Waals surface area (Å²) in [5.74, 6) is 0. The SMILES string of the molecule is Cc1ccc(C(Cl)(c2ccccc2)c2ccccc2)cc1.P. The third-order valence-corrected chi connectivity index (χ3v) is 4.45. The molecule has 22 heavy (non-hydrogen) atoms. The van der Waals surface area contributed by atoms with Gasteiger partial charge in [0.15, 0.2) is 0 Å². The molecule has 0 saturated carbocycles. The molecule has 0 N–H and O–H groups in total. The Labute approximate surface area is 140 Å². The lowest BCUT2D eigenvalue weighted by atomic mass is 9.84. The average molecular weight is 327 g/mol. The van der Waals surface area contributed by atoms with E-state index in [4.69, 9.17) is 11.6 Å². The molecule has 2 heteroatoms. The second-order valence-corrected chi connectivity index (χ2v) is 5.82. The minimum atomic E-state index is -0.657. The molecule has 0 amide bonds. The zero-order valence-electron chi connectivity index (χ0n) is 12.7. The van der Waals surface area contributed by atoms with Crippen LogP contribution in [0.3, 0.4) is 0 Å². The fourth-order valence-corrected chi connectivity index (χ4v) is 3.00. The van der Waals surface area contributed by atoms with Crippen molar-refractivity contribution < 1.29 is 0 Å². The van der Waals surface area contributed by atoms with E-state index in [1.807, 2.05) is 36.4 Å². The second kappa shape index (κ2) is 7.09. The van der Waals surface area contributed by atoms with Gasteiger partial charge in [-0.15, -0.1) is 11.6 Å². The second-order valence-electron chi connectivity index (χ2n) is 5.26. The molecule has 0 radical (unpaired) electrons. The van der Waals surface area contributed by atoms with Gasteiger partial charge in [-0.05, 0) is 23.6 Å². The molecule has 0 heterocycles. The van der Waals surface area contributed by atoms with Crippen molar-refractivity contribution in [3.63, 3.8) is 0 Å². The van der Waals surface area contributed by atoms with Gasteiger partial charge in [0.1, 0.15) is 4.87 Å². The van der Waals surface area contributed by atoms with Gasteiger partial charge in [-0.3, -0.25) is 0 Å². The van der Waals surface area contributed by atoms with Gasteiger partial charge in [0.2, 0.25) is 0 Å². The molecular formula is C20H20ClP. The van der Waals surface area contributed by atoms with Crippen LogP contribution in [0.5, 0.6) is 0 Å². The Bertz CT molecular complexity index is 666. The molecule has 0 aliphatic heterocycles. The Hall–Kier alpha value is -1.62. The lowest BCUT2D eigenvalue weighted by molar-refractivity contribution is 0.879. The van der Waals surface area contributed by atoms with Crippen molar-refractivity contribution in [2.75, 3.05) is 0 Å². The first kappa shape index (κ1) is 16.7. The summed E-state index contributed by atoms with van der Waals surface area (Å²) in [5.41, 5.74) is 4.49. The van der Waals surface area contributed by atoms with Crippen LogP contribution in [0, 0.1) is 6.92 Å². The maximum atomic E-state index is 7.17. The number of rotatable bonds is 3. The predicted molar refractivity (Wildman–Crippen MR) is 101 cm³/mol. The number of hydrogen-bond acceptors (Lipinski definition) is 0. The van der Waals surface area contributed by atoms with Crippen molar-refractivity contribution >= 4 is 21.5 Å². The van der Waals surface area contributed by atoms with Crippen molar-refractivity contribution in [1.82, 2.24) is 0 Å². The van der Waals surface area contributed by atoms with Gasteiger partial charge in [0.25, 0.3) is 0 Å². The van der Waals surface area contributed by atoms with Gasteiger partial charge in [0, 0.05) is 0 Å². The fraction of sp³-hybridized carbons (Fsp3) is 0.100. The van der Waals surface area contributed by atoms with Crippen LogP contribution in [0.25, 0.3) is 0 Å². The molecule has 3 aromatic rings. The standard InChI is InChI=1S/C20H17Cl.H3P/c1-16-12-14-19(15-13-16)20(21,17-8-4-2-5-9-17)18-10-6-3-7-11-18;/h2-15H,1H3;1H3. The van der Waals surface area contributed by atoms with Crippen LogP contribution in [0.2, 0.25) is 0 Å². The van der Waals surface area contributed by atoms with Crippen molar-refractivity contribution in [2.24, 2.45) is 0 Å². The summed E-state index contributed by atoms with van der Waals surface area (Å²) in [4.78, 5) is -0.657. The maximum Gasteiger partial charge on any atom is 0.119 e. The van der Waals surface area contributed by atoms with E-state index < -0.39 is 4.87 Å². The van der Waals surface area contributed by atoms with Crippen LogP contribution < -0.4 is 0 Å². The van der Waals surface area contributed by atoms with Crippen LogP contribution in [0.1, 0.15) is 22.3 Å². The summed E-state index contributed by atoms with van der Waals surface area (Å²) in [6, 6.07) is 28.9. The number of hydrogen-bond donors (Lipinski definition) is 0. The monoisotopic (exact) mass is 326 g/mol. The van der Waals surface area contributed by atoms with E-state index in [1.54, 1.807) is 0 Å². The van der Waals surface area contributed by atoms with E-state index in [0.717, 1.165) is 16.7 Å². The minimum absolute atomic E-state index is 0. The van der Waals surface area contributed by atoms with Gasteiger partial charge in [0.05, 0.1) is 0 Å². The Balaban J connectivity index is 0.00000176. The highest BCUT2D eigenvalue weighted by molar-refractivity contribution is 6.92. The molecule has 0 bridgehead atoms. The van der Waals surface area contributed by atoms with Gasteiger partial charge in [-0.1, -0.05) is 90.5 Å². The van der Waals surface area contributed by atoms with E-state index >= 15 is 0 Å². The van der Waals surface area contributed by atoms with Gasteiger partial charge >= 0.3 is 0 Å². The summed E-state index contributed by atoms with van der Waals surface area (Å²) >= 11 is 7.17. The fourth-order valence-electron chi connectivity index (χ4n) is 2.62. The van der Waals surface area contributed by atoms with Gasteiger partial charge < -0.3 is 0 Å². The normalized spacial score (nSPS) is 10.8. The van der Waals surface area contributed by atoms with Crippen molar-refractivity contribution in [3.8, 4) is 0 Å². The van der Waals surface area contributed by atoms with Crippen LogP contribution in [0.15, 0.2) is 84.9 Å². The van der Waals surface area contributed by atoms with E-state index in [9.17, 15) is 0 Å². The van der Waals surface area contributed by atoms with Gasteiger partial charge in [-0.25, -0.2) is 0 Å². The minimum Gasteiger partial charge on any atom is -0.153 e. The highest BCUT2D eigenvalue weighted by Gasteiger charge is 2.33. The zero-order valence-corrected chi connectivity index (χ0v) is 14.8. The summed E-state index contributed by atoms with van der Waals surface area (Å²) in [6.07, 6.45) is 0. The number of halogens is 1. The Morgan fingerprint density at radius 3 is 1.36 bits per heavy atom. The summed E-state index contributed by atoms with van der Waals surface area (Å²) in [5, 5.41) is 0. The molecule has 3 rings (SSSR count). The first-order chi connectivity index (χ1) is 10.2. The molecule has 0 spiro atoms. The molecule has 1 atom stereocenters. The predicted octanol–water partition coefficient (Wildman–Crippen LogP) is 5.58. The zero-order chi connectivity index (χ0) is 14.7. The van der Waals surface area contributed by atoms with E-state index in [-0.39, 0.29) is 9.90 Å². The Morgan fingerprint density at radius 2 is 0.955 bits per heavy atom. The lowest BCUT2D eigenvalue weighted by Gasteiger charge is -2.29. The van der Waals surface area contributed by atoms with Gasteiger partial charge in [-0.2, -0.15) is 9.90 Å². The van der Waals surface area contributed by atoms with Crippen LogP contribution in [-0.2, 0) is 4.87 Å². The van der Waals surface area contributed by atoms with Crippen LogP contribution in [0.4, 0.5) is 0 Å². The Morgan fingerprint density at radius 1 is 0.591 bits per heavy atom. The first-order valence-electron chi connectivity index (χ1n) is 7.08. The Kier molecular flexibility index (Phi) is 5.40. The quantitative estimate of drug-likeness (QED) is 0.334. The molecule has 0 saturated heterocycles. The van der Waals surface area contributed by atoms with Crippen molar-refractivity contribution in [3.05, 3.63) is 107 Å². The molecule has 112 valence electrons. The van der Waals surface area contributed by atoms with E-state index in [1.165, 1.54) is 5.56 Å². The number of aryl methyl sites for hydroxylation is 1. The summed E-state index contributed by atoms with van der Waals surface area (Å²) < 4.78 is 0. The number of alkyl halides is 1. The third kappa shape index (κ3) is 3.09. The molecule has 0 aromatic heterocycles. The summed E-state index contributed by atoms with van der Waals surface area (Å²) in [6.45, 7) is 2.09. The largest absolute Gasteiger partial charge is 0.153 e. The molecular weight excluding hydrogens is 307 g/mol. The first-order valence-corrected chi connectivity index (χ1v) is 7.46. The molecule has 3 aromatic carbocycles. The smallest absolute Gasteiger partial charge is 0.119 e. The summed E-state index contributed by atoms with van der Waals surface area (Å²) in [7, 11) is 0. The average Bonchev–Trinajstić information content (AvgIpc) is 2.56. The molecule has 0 aliphatic carbocycles. The van der Waals surface area contributed by atoms with Crippen molar-refractivity contribution in [1.29, 1.82) is 0 Å². The van der Waals surface area contributed by atoms with Crippen LogP contribution >= 0.6 is 21.5 Å². The van der Waals surface area contributed by atoms with E-state index in [2.05, 4.69) is 55.5 Å². The molecule has 0 nitrogen and oxygen atoms in total. The molecule has 1 unspecified atom stereocenters. The highest BCUT2D eigenvalue weighted by Crippen LogP contribution is 2.42. The van der Waals surface area contributed by atoms with E-state index in [0.29, 0.717) is 0 Å². The maximum absolute atomic E-state index is 7.17. The number of benzene rings is 3.